The number of rotatable bonds is 5. The molecule has 0 spiro atoms. The summed E-state index contributed by atoms with van der Waals surface area (Å²) in [5.41, 5.74) is 8.30. The molecule has 0 aliphatic carbocycles. The molecule has 28 heavy (non-hydrogen) atoms. The van der Waals surface area contributed by atoms with E-state index >= 15 is 0 Å². The molecular formula is C20H19FN6O. The smallest absolute Gasteiger partial charge is 0.225 e. The number of fused-ring (bicyclic) bond motifs is 1. The van der Waals surface area contributed by atoms with Crippen LogP contribution >= 0.6 is 0 Å². The van der Waals surface area contributed by atoms with Crippen molar-refractivity contribution in [3.63, 3.8) is 0 Å². The van der Waals surface area contributed by atoms with Gasteiger partial charge in [-0.3, -0.25) is 4.68 Å². The Morgan fingerprint density at radius 2 is 1.93 bits per heavy atom. The van der Waals surface area contributed by atoms with Crippen LogP contribution in [0.25, 0.3) is 22.3 Å². The molecule has 4 rings (SSSR count). The summed E-state index contributed by atoms with van der Waals surface area (Å²) in [4.78, 5) is 8.98. The fourth-order valence-electron chi connectivity index (χ4n) is 2.98. The first-order chi connectivity index (χ1) is 13.6. The summed E-state index contributed by atoms with van der Waals surface area (Å²) < 4.78 is 21.3. The summed E-state index contributed by atoms with van der Waals surface area (Å²) in [6, 6.07) is 14.5. The molecular weight excluding hydrogens is 359 g/mol. The second kappa shape index (κ2) is 7.15. The summed E-state index contributed by atoms with van der Waals surface area (Å²) >= 11 is 0. The zero-order chi connectivity index (χ0) is 19.7. The molecule has 4 aromatic rings. The summed E-state index contributed by atoms with van der Waals surface area (Å²) in [6.45, 7) is 0.527. The summed E-state index contributed by atoms with van der Waals surface area (Å²) in [5.74, 6) is 0.680. The van der Waals surface area contributed by atoms with E-state index in [1.165, 1.54) is 17.9 Å². The van der Waals surface area contributed by atoms with Crippen LogP contribution in [0.4, 0.5) is 16.2 Å². The molecule has 0 unspecified atom stereocenters. The van der Waals surface area contributed by atoms with Gasteiger partial charge in [0.25, 0.3) is 0 Å². The van der Waals surface area contributed by atoms with Gasteiger partial charge in [0.15, 0.2) is 5.65 Å². The van der Waals surface area contributed by atoms with Gasteiger partial charge < -0.3 is 15.8 Å². The number of hydrogen-bond acceptors (Lipinski definition) is 6. The van der Waals surface area contributed by atoms with Crippen LogP contribution in [0.1, 0.15) is 5.56 Å². The Balaban J connectivity index is 1.81. The molecule has 2 heterocycles. The van der Waals surface area contributed by atoms with Crippen molar-refractivity contribution in [1.82, 2.24) is 19.7 Å². The van der Waals surface area contributed by atoms with Crippen molar-refractivity contribution in [2.45, 2.75) is 6.54 Å². The Labute approximate surface area is 161 Å². The van der Waals surface area contributed by atoms with E-state index in [-0.39, 0.29) is 0 Å². The molecule has 8 heteroatoms. The van der Waals surface area contributed by atoms with Gasteiger partial charge in [-0.05, 0) is 17.7 Å². The minimum absolute atomic E-state index is 0.302. The molecule has 0 aliphatic heterocycles. The highest BCUT2D eigenvalue weighted by Gasteiger charge is 2.19. The number of ether oxygens (including phenoxy) is 1. The van der Waals surface area contributed by atoms with Crippen LogP contribution in [0.2, 0.25) is 0 Å². The second-order valence-corrected chi connectivity index (χ2v) is 6.29. The lowest BCUT2D eigenvalue weighted by molar-refractivity contribution is 0.411. The van der Waals surface area contributed by atoms with E-state index in [4.69, 9.17) is 10.5 Å². The van der Waals surface area contributed by atoms with E-state index in [0.717, 1.165) is 5.56 Å². The van der Waals surface area contributed by atoms with Gasteiger partial charge in [0.2, 0.25) is 5.95 Å². The molecule has 0 bridgehead atoms. The normalized spacial score (nSPS) is 11.0. The molecule has 2 aromatic carbocycles. The van der Waals surface area contributed by atoms with E-state index in [9.17, 15) is 4.39 Å². The van der Waals surface area contributed by atoms with Crippen molar-refractivity contribution in [2.75, 3.05) is 18.2 Å². The van der Waals surface area contributed by atoms with E-state index in [2.05, 4.69) is 20.4 Å². The Kier molecular flexibility index (Phi) is 4.52. The topological polar surface area (TPSA) is 90.9 Å². The maximum absolute atomic E-state index is 14.7. The molecule has 7 nitrogen and oxygen atoms in total. The number of halogens is 1. The third kappa shape index (κ3) is 3.20. The molecule has 0 atom stereocenters. The number of anilines is 2. The lowest BCUT2D eigenvalue weighted by Crippen LogP contribution is -2.05. The molecule has 0 saturated heterocycles. The Morgan fingerprint density at radius 1 is 1.14 bits per heavy atom. The zero-order valence-corrected chi connectivity index (χ0v) is 15.5. The Morgan fingerprint density at radius 3 is 2.64 bits per heavy atom. The number of nitrogens with zero attached hydrogens (tertiary/aromatic N) is 4. The van der Waals surface area contributed by atoms with Crippen LogP contribution in [-0.2, 0) is 13.6 Å². The van der Waals surface area contributed by atoms with Gasteiger partial charge in [-0.2, -0.15) is 10.1 Å². The first-order valence-electron chi connectivity index (χ1n) is 8.68. The van der Waals surface area contributed by atoms with Gasteiger partial charge >= 0.3 is 0 Å². The first kappa shape index (κ1) is 17.7. The zero-order valence-electron chi connectivity index (χ0n) is 15.5. The minimum Gasteiger partial charge on any atom is -0.497 e. The highest BCUT2D eigenvalue weighted by Crippen LogP contribution is 2.33. The quantitative estimate of drug-likeness (QED) is 0.553. The van der Waals surface area contributed by atoms with Crippen molar-refractivity contribution in [2.24, 2.45) is 7.05 Å². The Hall–Kier alpha value is -3.68. The molecule has 0 fully saturated rings. The van der Waals surface area contributed by atoms with Gasteiger partial charge in [0.1, 0.15) is 17.4 Å². The van der Waals surface area contributed by atoms with Crippen LogP contribution in [0, 0.1) is 5.82 Å². The van der Waals surface area contributed by atoms with E-state index in [1.807, 2.05) is 30.3 Å². The molecule has 0 radical (unpaired) electrons. The molecule has 2 aromatic heterocycles. The number of nitrogen functional groups attached to an aromatic ring is 1. The molecule has 0 amide bonds. The Bertz CT molecular complexity index is 1140. The minimum atomic E-state index is -0.461. The maximum atomic E-state index is 14.7. The van der Waals surface area contributed by atoms with Crippen molar-refractivity contribution in [3.8, 4) is 17.0 Å². The van der Waals surface area contributed by atoms with Gasteiger partial charge in [0.05, 0.1) is 18.2 Å². The van der Waals surface area contributed by atoms with Crippen LogP contribution < -0.4 is 15.8 Å². The standard InChI is InChI=1S/C20H19FN6O/c1-27-18(22)16-17(14-9-8-13(28-2)10-15(14)21)24-20(25-19(16)26-27)23-11-12-6-4-3-5-7-12/h3-10H,11,22H2,1-2H3,(H,23,25,26). The highest BCUT2D eigenvalue weighted by molar-refractivity contribution is 5.99. The third-order valence-electron chi connectivity index (χ3n) is 4.46. The number of hydrogen-bond donors (Lipinski definition) is 2. The van der Waals surface area contributed by atoms with Crippen molar-refractivity contribution >= 4 is 22.8 Å². The molecule has 3 N–H and O–H groups in total. The van der Waals surface area contributed by atoms with Gasteiger partial charge in [-0.15, -0.1) is 0 Å². The third-order valence-corrected chi connectivity index (χ3v) is 4.46. The maximum Gasteiger partial charge on any atom is 0.225 e. The van der Waals surface area contributed by atoms with Gasteiger partial charge in [0, 0.05) is 25.2 Å². The van der Waals surface area contributed by atoms with E-state index in [1.54, 1.807) is 19.2 Å². The second-order valence-electron chi connectivity index (χ2n) is 6.29. The lowest BCUT2D eigenvalue weighted by atomic mass is 10.1. The summed E-state index contributed by atoms with van der Waals surface area (Å²) in [7, 11) is 3.20. The number of nitrogens with two attached hydrogens (primary N) is 1. The predicted octanol–water partition coefficient (Wildman–Crippen LogP) is 3.37. The van der Waals surface area contributed by atoms with E-state index < -0.39 is 5.82 Å². The van der Waals surface area contributed by atoms with E-state index in [0.29, 0.717) is 46.4 Å². The number of benzene rings is 2. The number of nitrogens with one attached hydrogen (secondary N) is 1. The van der Waals surface area contributed by atoms with Gasteiger partial charge in [-0.1, -0.05) is 30.3 Å². The molecule has 0 aliphatic rings. The van der Waals surface area contributed by atoms with Crippen LogP contribution in [-0.4, -0.2) is 26.9 Å². The van der Waals surface area contributed by atoms with Crippen molar-refractivity contribution in [3.05, 3.63) is 59.9 Å². The molecule has 0 saturated carbocycles. The fraction of sp³-hybridized carbons (Fsp3) is 0.150. The van der Waals surface area contributed by atoms with Crippen LogP contribution in [0.15, 0.2) is 48.5 Å². The van der Waals surface area contributed by atoms with Crippen LogP contribution in [0.3, 0.4) is 0 Å². The van der Waals surface area contributed by atoms with Crippen LogP contribution in [0.5, 0.6) is 5.75 Å². The van der Waals surface area contributed by atoms with Crippen molar-refractivity contribution < 1.29 is 9.13 Å². The number of methoxy groups -OCH3 is 1. The van der Waals surface area contributed by atoms with Gasteiger partial charge in [-0.25, -0.2) is 9.37 Å². The molecule has 142 valence electrons. The monoisotopic (exact) mass is 378 g/mol. The average molecular weight is 378 g/mol. The first-order valence-corrected chi connectivity index (χ1v) is 8.68. The predicted molar refractivity (Wildman–Crippen MR) is 106 cm³/mol. The summed E-state index contributed by atoms with van der Waals surface area (Å²) in [6.07, 6.45) is 0. The highest BCUT2D eigenvalue weighted by atomic mass is 19.1. The average Bonchev–Trinajstić information content (AvgIpc) is 3.00. The largest absolute Gasteiger partial charge is 0.497 e. The van der Waals surface area contributed by atoms with Crippen molar-refractivity contribution in [1.29, 1.82) is 0 Å². The fourth-order valence-corrected chi connectivity index (χ4v) is 2.98. The number of aromatic nitrogens is 4. The number of aryl methyl sites for hydroxylation is 1. The summed E-state index contributed by atoms with van der Waals surface area (Å²) in [5, 5.41) is 8.02. The lowest BCUT2D eigenvalue weighted by Gasteiger charge is -2.10. The SMILES string of the molecule is COc1ccc(-c2nc(NCc3ccccc3)nc3nn(C)c(N)c23)c(F)c1.